The molecule has 2 atom stereocenters. The van der Waals surface area contributed by atoms with Gasteiger partial charge in [-0.15, -0.1) is 0 Å². The molecule has 1 fully saturated rings. The summed E-state index contributed by atoms with van der Waals surface area (Å²) in [7, 11) is -2.94. The summed E-state index contributed by atoms with van der Waals surface area (Å²) >= 11 is 0. The minimum Gasteiger partial charge on any atom is -0.310 e. The molecule has 0 aromatic heterocycles. The van der Waals surface area contributed by atoms with Gasteiger partial charge >= 0.3 is 0 Å². The van der Waals surface area contributed by atoms with Crippen LogP contribution in [-0.2, 0) is 9.84 Å². The molecular formula is C14H19F2NO2S. The van der Waals surface area contributed by atoms with Crippen molar-refractivity contribution in [2.75, 3.05) is 18.1 Å². The molecule has 1 aromatic carbocycles. The molecule has 0 amide bonds. The van der Waals surface area contributed by atoms with Crippen LogP contribution < -0.4 is 5.32 Å². The number of benzene rings is 1. The van der Waals surface area contributed by atoms with E-state index in [1.54, 1.807) is 0 Å². The van der Waals surface area contributed by atoms with E-state index < -0.39 is 21.5 Å². The highest BCUT2D eigenvalue weighted by atomic mass is 32.2. The molecule has 2 unspecified atom stereocenters. The molecule has 1 heterocycles. The molecule has 3 nitrogen and oxygen atoms in total. The van der Waals surface area contributed by atoms with E-state index in [9.17, 15) is 17.2 Å². The Morgan fingerprint density at radius 1 is 1.40 bits per heavy atom. The molecule has 1 N–H and O–H groups in total. The summed E-state index contributed by atoms with van der Waals surface area (Å²) in [6.07, 6.45) is 1.17. The highest BCUT2D eigenvalue weighted by Gasteiger charge is 2.30. The normalized spacial score (nSPS) is 22.9. The standard InChI is InChI=1S/C14H19F2NO2S/c1-2-17-14(7-10-5-6-20(18,19)9-10)12-4-3-11(15)8-13(12)16/h3-4,8,10,14,17H,2,5-7,9H2,1H3. The van der Waals surface area contributed by atoms with E-state index in [4.69, 9.17) is 0 Å². The molecule has 0 saturated carbocycles. The first kappa shape index (κ1) is 15.4. The monoisotopic (exact) mass is 303 g/mol. The topological polar surface area (TPSA) is 46.2 Å². The zero-order chi connectivity index (χ0) is 14.8. The Bertz CT molecular complexity index is 575. The molecule has 1 aromatic rings. The molecular weight excluding hydrogens is 284 g/mol. The largest absolute Gasteiger partial charge is 0.310 e. The predicted octanol–water partition coefficient (Wildman–Crippen LogP) is 2.44. The van der Waals surface area contributed by atoms with Gasteiger partial charge in [-0.3, -0.25) is 0 Å². The summed E-state index contributed by atoms with van der Waals surface area (Å²) < 4.78 is 49.8. The van der Waals surface area contributed by atoms with Crippen LogP contribution >= 0.6 is 0 Å². The van der Waals surface area contributed by atoms with Crippen LogP contribution in [0.3, 0.4) is 0 Å². The van der Waals surface area contributed by atoms with Crippen LogP contribution in [0.5, 0.6) is 0 Å². The Balaban J connectivity index is 2.15. The molecule has 0 aliphatic carbocycles. The summed E-state index contributed by atoms with van der Waals surface area (Å²) in [5.74, 6) is -0.782. The third kappa shape index (κ3) is 3.76. The lowest BCUT2D eigenvalue weighted by Crippen LogP contribution is -2.25. The summed E-state index contributed by atoms with van der Waals surface area (Å²) in [4.78, 5) is 0. The van der Waals surface area contributed by atoms with E-state index in [1.807, 2.05) is 6.92 Å². The minimum absolute atomic E-state index is 0.0357. The molecule has 2 rings (SSSR count). The molecule has 1 aliphatic heterocycles. The Morgan fingerprint density at radius 2 is 2.15 bits per heavy atom. The van der Waals surface area contributed by atoms with Crippen molar-refractivity contribution in [1.82, 2.24) is 5.32 Å². The number of halogens is 2. The fourth-order valence-corrected chi connectivity index (χ4v) is 4.62. The highest BCUT2D eigenvalue weighted by Crippen LogP contribution is 2.30. The third-order valence-electron chi connectivity index (χ3n) is 3.68. The lowest BCUT2D eigenvalue weighted by atomic mass is 9.94. The fraction of sp³-hybridized carbons (Fsp3) is 0.571. The SMILES string of the molecule is CCNC(CC1CCS(=O)(=O)C1)c1ccc(F)cc1F. The van der Waals surface area contributed by atoms with Crippen molar-refractivity contribution in [3.8, 4) is 0 Å². The molecule has 6 heteroatoms. The van der Waals surface area contributed by atoms with E-state index >= 15 is 0 Å². The van der Waals surface area contributed by atoms with Gasteiger partial charge in [0.1, 0.15) is 11.6 Å². The van der Waals surface area contributed by atoms with Gasteiger partial charge in [-0.05, 0) is 31.4 Å². The Kier molecular flexibility index (Phi) is 4.75. The summed E-state index contributed by atoms with van der Waals surface area (Å²) in [6, 6.07) is 3.25. The van der Waals surface area contributed by atoms with Crippen molar-refractivity contribution in [2.45, 2.75) is 25.8 Å². The maximum absolute atomic E-state index is 13.9. The number of hydrogen-bond donors (Lipinski definition) is 1. The zero-order valence-corrected chi connectivity index (χ0v) is 12.2. The first-order chi connectivity index (χ1) is 9.41. The van der Waals surface area contributed by atoms with Crippen molar-refractivity contribution in [2.24, 2.45) is 5.92 Å². The van der Waals surface area contributed by atoms with Gasteiger partial charge in [0.25, 0.3) is 0 Å². The van der Waals surface area contributed by atoms with Gasteiger partial charge in [0, 0.05) is 17.7 Å². The number of hydrogen-bond acceptors (Lipinski definition) is 3. The number of sulfone groups is 1. The predicted molar refractivity (Wildman–Crippen MR) is 74.2 cm³/mol. The van der Waals surface area contributed by atoms with Gasteiger partial charge in [-0.1, -0.05) is 13.0 Å². The summed E-state index contributed by atoms with van der Waals surface area (Å²) in [5, 5.41) is 3.16. The summed E-state index contributed by atoms with van der Waals surface area (Å²) in [6.45, 7) is 2.54. The molecule has 0 spiro atoms. The number of nitrogens with one attached hydrogen (secondary N) is 1. The van der Waals surface area contributed by atoms with Crippen LogP contribution in [0.25, 0.3) is 0 Å². The Labute approximate surface area is 118 Å². The van der Waals surface area contributed by atoms with Crippen molar-refractivity contribution in [1.29, 1.82) is 0 Å². The first-order valence-corrected chi connectivity index (χ1v) is 8.62. The van der Waals surface area contributed by atoms with Crippen molar-refractivity contribution in [3.63, 3.8) is 0 Å². The average Bonchev–Trinajstić information content (AvgIpc) is 2.68. The molecule has 20 heavy (non-hydrogen) atoms. The van der Waals surface area contributed by atoms with Gasteiger partial charge in [0.15, 0.2) is 9.84 Å². The lowest BCUT2D eigenvalue weighted by molar-refractivity contribution is 0.408. The van der Waals surface area contributed by atoms with Crippen molar-refractivity contribution >= 4 is 9.84 Å². The molecule has 1 aliphatic rings. The second kappa shape index (κ2) is 6.18. The molecule has 0 radical (unpaired) electrons. The van der Waals surface area contributed by atoms with Gasteiger partial charge < -0.3 is 5.32 Å². The van der Waals surface area contributed by atoms with Crippen LogP contribution in [0.2, 0.25) is 0 Å². The number of rotatable bonds is 5. The van der Waals surface area contributed by atoms with Crippen LogP contribution in [0.15, 0.2) is 18.2 Å². The second-order valence-electron chi connectivity index (χ2n) is 5.28. The Hall–Kier alpha value is -1.01. The van der Waals surface area contributed by atoms with Gasteiger partial charge in [0.05, 0.1) is 11.5 Å². The molecule has 112 valence electrons. The van der Waals surface area contributed by atoms with Crippen molar-refractivity contribution < 1.29 is 17.2 Å². The van der Waals surface area contributed by atoms with Crippen LogP contribution in [0.1, 0.15) is 31.4 Å². The van der Waals surface area contributed by atoms with Crippen LogP contribution in [0.4, 0.5) is 8.78 Å². The maximum Gasteiger partial charge on any atom is 0.150 e. The molecule has 1 saturated heterocycles. The van der Waals surface area contributed by atoms with E-state index in [2.05, 4.69) is 5.32 Å². The summed E-state index contributed by atoms with van der Waals surface area (Å²) in [5.41, 5.74) is 0.401. The second-order valence-corrected chi connectivity index (χ2v) is 7.51. The zero-order valence-electron chi connectivity index (χ0n) is 11.4. The van der Waals surface area contributed by atoms with E-state index in [0.717, 1.165) is 6.07 Å². The minimum atomic E-state index is -2.94. The van der Waals surface area contributed by atoms with Crippen molar-refractivity contribution in [3.05, 3.63) is 35.4 Å². The fourth-order valence-electron chi connectivity index (χ4n) is 2.74. The van der Waals surface area contributed by atoms with Crippen LogP contribution in [-0.4, -0.2) is 26.5 Å². The lowest BCUT2D eigenvalue weighted by Gasteiger charge is -2.21. The van der Waals surface area contributed by atoms with E-state index in [0.29, 0.717) is 24.9 Å². The van der Waals surface area contributed by atoms with E-state index in [1.165, 1.54) is 12.1 Å². The quantitative estimate of drug-likeness (QED) is 0.909. The smallest absolute Gasteiger partial charge is 0.150 e. The van der Waals surface area contributed by atoms with Gasteiger partial charge in [-0.25, -0.2) is 17.2 Å². The maximum atomic E-state index is 13.9. The first-order valence-electron chi connectivity index (χ1n) is 6.80. The Morgan fingerprint density at radius 3 is 2.70 bits per heavy atom. The van der Waals surface area contributed by atoms with Crippen LogP contribution in [0, 0.1) is 17.6 Å². The van der Waals surface area contributed by atoms with Gasteiger partial charge in [0.2, 0.25) is 0 Å². The average molecular weight is 303 g/mol. The highest BCUT2D eigenvalue weighted by molar-refractivity contribution is 7.91. The molecule has 0 bridgehead atoms. The van der Waals surface area contributed by atoms with Gasteiger partial charge in [-0.2, -0.15) is 0 Å². The third-order valence-corrected chi connectivity index (χ3v) is 5.52. The van der Waals surface area contributed by atoms with E-state index in [-0.39, 0.29) is 23.5 Å².